The zero-order valence-electron chi connectivity index (χ0n) is 9.92. The summed E-state index contributed by atoms with van der Waals surface area (Å²) in [6.45, 7) is 1.43. The maximum absolute atomic E-state index is 13.9. The van der Waals surface area contributed by atoms with Crippen molar-refractivity contribution in [3.05, 3.63) is 69.5 Å². The van der Waals surface area contributed by atoms with E-state index in [1.54, 1.807) is 0 Å². The van der Waals surface area contributed by atoms with Crippen LogP contribution in [0.2, 0.25) is 5.02 Å². The van der Waals surface area contributed by atoms with E-state index in [4.69, 9.17) is 11.6 Å². The quantitative estimate of drug-likeness (QED) is 0.879. The van der Waals surface area contributed by atoms with Gasteiger partial charge in [0.2, 0.25) is 0 Å². The minimum atomic E-state index is -1.75. The predicted octanol–water partition coefficient (Wildman–Crippen LogP) is 4.15. The van der Waals surface area contributed by atoms with Crippen molar-refractivity contribution in [3.8, 4) is 0 Å². The van der Waals surface area contributed by atoms with Crippen LogP contribution < -0.4 is 0 Å². The third kappa shape index (κ3) is 2.46. The standard InChI is InChI=1S/C14H10ClF3O/c1-7-5-6-10(16)11(12(7)17)14(19)8-3-2-4-9(15)13(8)18/h2-6,14,19H,1H3. The molecule has 5 heteroatoms. The second kappa shape index (κ2) is 5.23. The highest BCUT2D eigenvalue weighted by Crippen LogP contribution is 2.31. The summed E-state index contributed by atoms with van der Waals surface area (Å²) in [5.74, 6) is -2.72. The van der Waals surface area contributed by atoms with Gasteiger partial charge in [-0.3, -0.25) is 0 Å². The van der Waals surface area contributed by atoms with Crippen LogP contribution in [-0.2, 0) is 0 Å². The lowest BCUT2D eigenvalue weighted by Crippen LogP contribution is -2.09. The molecule has 0 radical (unpaired) electrons. The molecule has 0 heterocycles. The summed E-state index contributed by atoms with van der Waals surface area (Å²) in [5, 5.41) is 9.79. The smallest absolute Gasteiger partial charge is 0.147 e. The molecule has 0 spiro atoms. The number of halogens is 4. The van der Waals surface area contributed by atoms with Gasteiger partial charge in [0.05, 0.1) is 10.6 Å². The first-order valence-electron chi connectivity index (χ1n) is 5.50. The molecule has 2 aromatic rings. The molecule has 0 aliphatic rings. The highest BCUT2D eigenvalue weighted by atomic mass is 35.5. The van der Waals surface area contributed by atoms with Gasteiger partial charge in [0.1, 0.15) is 23.6 Å². The molecular weight excluding hydrogens is 277 g/mol. The fourth-order valence-electron chi connectivity index (χ4n) is 1.82. The van der Waals surface area contributed by atoms with Gasteiger partial charge in [-0.1, -0.05) is 29.8 Å². The highest BCUT2D eigenvalue weighted by molar-refractivity contribution is 6.30. The Morgan fingerprint density at radius 1 is 1.05 bits per heavy atom. The first-order valence-corrected chi connectivity index (χ1v) is 5.87. The lowest BCUT2D eigenvalue weighted by atomic mass is 9.98. The average Bonchev–Trinajstić information content (AvgIpc) is 2.37. The zero-order valence-corrected chi connectivity index (χ0v) is 10.7. The Morgan fingerprint density at radius 2 is 1.74 bits per heavy atom. The van der Waals surface area contributed by atoms with Crippen LogP contribution in [0.25, 0.3) is 0 Å². The third-order valence-corrected chi connectivity index (χ3v) is 3.16. The molecule has 0 aliphatic carbocycles. The van der Waals surface area contributed by atoms with Gasteiger partial charge in [0, 0.05) is 5.56 Å². The molecule has 0 bridgehead atoms. The minimum absolute atomic E-state index is 0.165. The van der Waals surface area contributed by atoms with Gasteiger partial charge in [-0.2, -0.15) is 0 Å². The fraction of sp³-hybridized carbons (Fsp3) is 0.143. The Bertz CT molecular complexity index is 628. The van der Waals surface area contributed by atoms with E-state index >= 15 is 0 Å². The highest BCUT2D eigenvalue weighted by Gasteiger charge is 2.24. The lowest BCUT2D eigenvalue weighted by Gasteiger charge is -2.15. The summed E-state index contributed by atoms with van der Waals surface area (Å²) in [6, 6.07) is 6.19. The van der Waals surface area contributed by atoms with Gasteiger partial charge in [-0.25, -0.2) is 13.2 Å². The Kier molecular flexibility index (Phi) is 3.83. The van der Waals surface area contributed by atoms with Crippen molar-refractivity contribution in [2.75, 3.05) is 0 Å². The monoisotopic (exact) mass is 286 g/mol. The molecule has 2 rings (SSSR count). The zero-order chi connectivity index (χ0) is 14.2. The van der Waals surface area contributed by atoms with Crippen molar-refractivity contribution >= 4 is 11.6 Å². The topological polar surface area (TPSA) is 20.2 Å². The predicted molar refractivity (Wildman–Crippen MR) is 66.6 cm³/mol. The number of rotatable bonds is 2. The first-order chi connectivity index (χ1) is 8.93. The Balaban J connectivity index is 2.59. The van der Waals surface area contributed by atoms with Crippen LogP contribution in [0.3, 0.4) is 0 Å². The van der Waals surface area contributed by atoms with E-state index in [9.17, 15) is 18.3 Å². The van der Waals surface area contributed by atoms with E-state index in [1.807, 2.05) is 0 Å². The summed E-state index contributed by atoms with van der Waals surface area (Å²) in [6.07, 6.45) is -1.75. The number of benzene rings is 2. The van der Waals surface area contributed by atoms with Gasteiger partial charge < -0.3 is 5.11 Å². The summed E-state index contributed by atoms with van der Waals surface area (Å²) in [4.78, 5) is 0. The second-order valence-corrected chi connectivity index (χ2v) is 4.54. The van der Waals surface area contributed by atoms with E-state index < -0.39 is 29.1 Å². The molecule has 1 N–H and O–H groups in total. The average molecular weight is 287 g/mol. The van der Waals surface area contributed by atoms with Crippen LogP contribution in [0.4, 0.5) is 13.2 Å². The van der Waals surface area contributed by atoms with E-state index in [0.29, 0.717) is 0 Å². The summed E-state index contributed by atoms with van der Waals surface area (Å²) in [7, 11) is 0. The molecular formula is C14H10ClF3O. The lowest BCUT2D eigenvalue weighted by molar-refractivity contribution is 0.204. The molecule has 0 aliphatic heterocycles. The Morgan fingerprint density at radius 3 is 2.42 bits per heavy atom. The van der Waals surface area contributed by atoms with Gasteiger partial charge in [-0.05, 0) is 24.6 Å². The fourth-order valence-corrected chi connectivity index (χ4v) is 2.00. The summed E-state index contributed by atoms with van der Waals surface area (Å²) >= 11 is 5.58. The Labute approximate surface area is 113 Å². The third-order valence-electron chi connectivity index (χ3n) is 2.87. The van der Waals surface area contributed by atoms with E-state index in [2.05, 4.69) is 0 Å². The van der Waals surface area contributed by atoms with Crippen molar-refractivity contribution in [1.29, 1.82) is 0 Å². The van der Waals surface area contributed by atoms with Gasteiger partial charge in [0.15, 0.2) is 0 Å². The van der Waals surface area contributed by atoms with Crippen LogP contribution >= 0.6 is 11.6 Å². The van der Waals surface area contributed by atoms with Gasteiger partial charge in [-0.15, -0.1) is 0 Å². The van der Waals surface area contributed by atoms with Crippen LogP contribution in [0.15, 0.2) is 30.3 Å². The summed E-state index contributed by atoms with van der Waals surface area (Å²) in [5.41, 5.74) is -0.685. The molecule has 0 saturated carbocycles. The number of aliphatic hydroxyl groups excluding tert-OH is 1. The second-order valence-electron chi connectivity index (χ2n) is 4.14. The number of aliphatic hydroxyl groups is 1. The minimum Gasteiger partial charge on any atom is -0.383 e. The molecule has 0 amide bonds. The van der Waals surface area contributed by atoms with E-state index in [-0.39, 0.29) is 16.1 Å². The van der Waals surface area contributed by atoms with Crippen LogP contribution in [0, 0.1) is 24.4 Å². The van der Waals surface area contributed by atoms with Crippen LogP contribution in [0.1, 0.15) is 22.8 Å². The first kappa shape index (κ1) is 13.9. The SMILES string of the molecule is Cc1ccc(F)c(C(O)c2cccc(Cl)c2F)c1F. The molecule has 100 valence electrons. The maximum Gasteiger partial charge on any atom is 0.147 e. The molecule has 1 nitrogen and oxygen atoms in total. The van der Waals surface area contributed by atoms with Crippen molar-refractivity contribution in [3.63, 3.8) is 0 Å². The molecule has 19 heavy (non-hydrogen) atoms. The molecule has 0 fully saturated rings. The molecule has 2 aromatic carbocycles. The number of hydrogen-bond donors (Lipinski definition) is 1. The van der Waals surface area contributed by atoms with Crippen molar-refractivity contribution in [2.24, 2.45) is 0 Å². The van der Waals surface area contributed by atoms with Crippen molar-refractivity contribution < 1.29 is 18.3 Å². The van der Waals surface area contributed by atoms with Crippen LogP contribution in [-0.4, -0.2) is 5.11 Å². The largest absolute Gasteiger partial charge is 0.383 e. The van der Waals surface area contributed by atoms with Crippen molar-refractivity contribution in [1.82, 2.24) is 0 Å². The number of hydrogen-bond acceptors (Lipinski definition) is 1. The maximum atomic E-state index is 13.9. The normalized spacial score (nSPS) is 12.5. The molecule has 1 atom stereocenters. The summed E-state index contributed by atoms with van der Waals surface area (Å²) < 4.78 is 41.3. The number of aryl methyl sites for hydroxylation is 1. The van der Waals surface area contributed by atoms with Crippen molar-refractivity contribution in [2.45, 2.75) is 13.0 Å². The van der Waals surface area contributed by atoms with Crippen LogP contribution in [0.5, 0.6) is 0 Å². The van der Waals surface area contributed by atoms with E-state index in [0.717, 1.165) is 6.07 Å². The van der Waals surface area contributed by atoms with E-state index in [1.165, 1.54) is 31.2 Å². The molecule has 1 unspecified atom stereocenters. The Hall–Kier alpha value is -1.52. The molecule has 0 saturated heterocycles. The van der Waals surface area contributed by atoms with Gasteiger partial charge in [0.25, 0.3) is 0 Å². The molecule has 0 aromatic heterocycles. The van der Waals surface area contributed by atoms with Gasteiger partial charge >= 0.3 is 0 Å².